The number of furan rings is 1. The van der Waals surface area contributed by atoms with Crippen molar-refractivity contribution < 1.29 is 128 Å². The van der Waals surface area contributed by atoms with Gasteiger partial charge in [0.15, 0.2) is 0 Å². The average molecular weight is 804 g/mol. The smallest absolute Gasteiger partial charge is 0.460 e. The van der Waals surface area contributed by atoms with Crippen LogP contribution in [0.25, 0.3) is 0 Å². The van der Waals surface area contributed by atoms with Crippen molar-refractivity contribution in [1.29, 1.82) is 0 Å². The van der Waals surface area contributed by atoms with Gasteiger partial charge >= 0.3 is 71.6 Å². The highest BCUT2D eigenvalue weighted by molar-refractivity contribution is 5.39. The van der Waals surface area contributed by atoms with E-state index >= 15 is 0 Å². The van der Waals surface area contributed by atoms with Crippen molar-refractivity contribution in [3.63, 3.8) is 0 Å². The molecule has 0 aliphatic carbocycles. The molecule has 0 bridgehead atoms. The summed E-state index contributed by atoms with van der Waals surface area (Å²) in [6, 6.07) is 0. The number of alkyl halides is 26. The zero-order valence-corrected chi connectivity index (χ0v) is 22.5. The number of hydrogen-bond donors (Lipinski definition) is 0. The summed E-state index contributed by atoms with van der Waals surface area (Å²) < 4.78 is 361. The molecule has 1 aromatic heterocycles. The predicted molar refractivity (Wildman–Crippen MR) is 103 cm³/mol. The fourth-order valence-electron chi connectivity index (χ4n) is 3.79. The Balaban J connectivity index is 2.49. The number of hydrogen-bond acceptors (Lipinski definition) is 3. The van der Waals surface area contributed by atoms with Gasteiger partial charge in [-0.15, -0.1) is 0 Å². The summed E-state index contributed by atoms with van der Waals surface area (Å²) in [6.45, 7) is 0. The Morgan fingerprint density at radius 3 is 0.840 bits per heavy atom. The summed E-state index contributed by atoms with van der Waals surface area (Å²) in [5, 5.41) is 0. The lowest BCUT2D eigenvalue weighted by Gasteiger charge is -2.41. The van der Waals surface area contributed by atoms with Gasteiger partial charge in [-0.2, -0.15) is 114 Å². The summed E-state index contributed by atoms with van der Waals surface area (Å²) in [5.74, 6) is -86.1. The molecule has 50 heavy (non-hydrogen) atoms. The molecule has 294 valence electrons. The third-order valence-corrected chi connectivity index (χ3v) is 6.82. The molecule has 2 heterocycles. The van der Waals surface area contributed by atoms with Crippen LogP contribution in [0.1, 0.15) is 25.7 Å². The minimum atomic E-state index is -8.41. The molecule has 1 aliphatic heterocycles. The van der Waals surface area contributed by atoms with E-state index in [9.17, 15) is 114 Å². The number of fused-ring (bicyclic) bond motifs is 1. The Morgan fingerprint density at radius 2 is 0.600 bits per heavy atom. The lowest BCUT2D eigenvalue weighted by molar-refractivity contribution is -0.441. The molecule has 29 heteroatoms. The minimum absolute atomic E-state index is 0.221. The molecule has 0 saturated carbocycles. The van der Waals surface area contributed by atoms with Gasteiger partial charge in [0.05, 0.1) is 0 Å². The molecule has 0 unspecified atom stereocenters. The summed E-state index contributed by atoms with van der Waals surface area (Å²) in [6.07, 6.45) is -27.1. The Hall–Kier alpha value is -2.94. The van der Waals surface area contributed by atoms with Gasteiger partial charge in [-0.1, -0.05) is 0 Å². The van der Waals surface area contributed by atoms with Gasteiger partial charge in [-0.3, -0.25) is 0 Å². The van der Waals surface area contributed by atoms with E-state index in [0.29, 0.717) is 0 Å². The van der Waals surface area contributed by atoms with Gasteiger partial charge in [0, 0.05) is 25.7 Å². The molecule has 0 radical (unpaired) electrons. The van der Waals surface area contributed by atoms with Crippen molar-refractivity contribution in [3.05, 3.63) is 12.5 Å². The highest BCUT2D eigenvalue weighted by Crippen LogP contribution is 2.63. The van der Waals surface area contributed by atoms with Crippen molar-refractivity contribution in [2.75, 3.05) is 0 Å². The van der Waals surface area contributed by atoms with Crippen LogP contribution in [0, 0.1) is 0 Å². The van der Waals surface area contributed by atoms with Crippen LogP contribution in [0.3, 0.4) is 0 Å². The molecule has 0 spiro atoms. The van der Waals surface area contributed by atoms with Crippen molar-refractivity contribution in [1.82, 2.24) is 0 Å². The second kappa shape index (κ2) is 11.5. The molecule has 0 fully saturated rings. The lowest BCUT2D eigenvalue weighted by atomic mass is 9.88. The molecule has 1 aliphatic rings. The first-order valence-corrected chi connectivity index (χ1v) is 11.9. The standard InChI is InChI=1S/C21H10F26O3/c22-10(23,12(26,27)14(30,31)16(34,35)18(38,39)20(42,43)44)3-1-9(49-7-5-48-6-8(7)50-9)2-4-11(24,25)13(28,29)15(32,33)17(36,37)19(40,41)21(45,46)47/h5-6H,1-4H2. The fourth-order valence-corrected chi connectivity index (χ4v) is 3.79. The van der Waals surface area contributed by atoms with Crippen LogP contribution in [-0.2, 0) is 0 Å². The van der Waals surface area contributed by atoms with E-state index in [-0.39, 0.29) is 12.5 Å². The molecular formula is C21H10F26O3. The molecule has 2 rings (SSSR count). The molecule has 0 aromatic carbocycles. The van der Waals surface area contributed by atoms with Gasteiger partial charge < -0.3 is 13.9 Å². The molecule has 0 amide bonds. The molecule has 0 N–H and O–H groups in total. The Labute approximate surface area is 256 Å². The minimum Gasteiger partial charge on any atom is -0.465 e. The Bertz CT molecular complexity index is 1270. The van der Waals surface area contributed by atoms with Crippen LogP contribution in [0.15, 0.2) is 16.9 Å². The molecular weight excluding hydrogens is 794 g/mol. The van der Waals surface area contributed by atoms with Crippen LogP contribution in [-0.4, -0.2) is 77.4 Å². The van der Waals surface area contributed by atoms with E-state index in [0.717, 1.165) is 0 Å². The van der Waals surface area contributed by atoms with E-state index in [1.54, 1.807) is 0 Å². The van der Waals surface area contributed by atoms with Crippen LogP contribution in [0.2, 0.25) is 0 Å². The molecule has 3 nitrogen and oxygen atoms in total. The molecule has 0 atom stereocenters. The zero-order valence-electron chi connectivity index (χ0n) is 22.5. The summed E-state index contributed by atoms with van der Waals surface area (Å²) in [5.41, 5.74) is 0. The summed E-state index contributed by atoms with van der Waals surface area (Å²) in [7, 11) is 0. The van der Waals surface area contributed by atoms with Gasteiger partial charge in [0.1, 0.15) is 12.5 Å². The third-order valence-electron chi connectivity index (χ3n) is 6.82. The lowest BCUT2D eigenvalue weighted by Crippen LogP contribution is -2.70. The normalized spacial score (nSPS) is 17.8. The van der Waals surface area contributed by atoms with Gasteiger partial charge in [0.2, 0.25) is 11.5 Å². The topological polar surface area (TPSA) is 31.6 Å². The second-order valence-electron chi connectivity index (χ2n) is 10.2. The highest BCUT2D eigenvalue weighted by atomic mass is 19.4. The predicted octanol–water partition coefficient (Wildman–Crippen LogP) is 10.8. The van der Waals surface area contributed by atoms with Crippen molar-refractivity contribution in [2.24, 2.45) is 0 Å². The largest absolute Gasteiger partial charge is 0.465 e. The van der Waals surface area contributed by atoms with Crippen LogP contribution >= 0.6 is 0 Å². The number of halogens is 26. The van der Waals surface area contributed by atoms with E-state index in [1.165, 1.54) is 0 Å². The SMILES string of the molecule is FC(F)(F)C(F)(F)C(F)(F)C(F)(F)C(F)(F)C(F)(F)CCC1(CCC(F)(F)C(F)(F)C(F)(F)C(F)(F)C(F)(F)C(F)(F)F)Oc2cocc2O1. The quantitative estimate of drug-likeness (QED) is 0.176. The number of rotatable bonds is 14. The Kier molecular flexibility index (Phi) is 9.97. The fraction of sp³-hybridized carbons (Fsp3) is 0.810. The van der Waals surface area contributed by atoms with Gasteiger partial charge in [-0.05, 0) is 0 Å². The first kappa shape index (κ1) is 43.2. The molecule has 1 aromatic rings. The van der Waals surface area contributed by atoms with E-state index in [1.807, 2.05) is 0 Å². The average Bonchev–Trinajstić information content (AvgIpc) is 3.48. The van der Waals surface area contributed by atoms with Crippen LogP contribution in [0.4, 0.5) is 114 Å². The number of ether oxygens (including phenoxy) is 2. The second-order valence-corrected chi connectivity index (χ2v) is 10.2. The third kappa shape index (κ3) is 5.97. The Morgan fingerprint density at radius 1 is 0.360 bits per heavy atom. The van der Waals surface area contributed by atoms with E-state index < -0.39 is 115 Å². The van der Waals surface area contributed by atoms with Gasteiger partial charge in [-0.25, -0.2) is 0 Å². The van der Waals surface area contributed by atoms with E-state index in [2.05, 4.69) is 13.9 Å². The van der Waals surface area contributed by atoms with Crippen LogP contribution in [0.5, 0.6) is 11.5 Å². The summed E-state index contributed by atoms with van der Waals surface area (Å²) >= 11 is 0. The molecule has 0 saturated heterocycles. The highest BCUT2D eigenvalue weighted by Gasteiger charge is 2.92. The first-order valence-electron chi connectivity index (χ1n) is 11.9. The monoisotopic (exact) mass is 804 g/mol. The van der Waals surface area contributed by atoms with Crippen molar-refractivity contribution in [3.8, 4) is 11.5 Å². The van der Waals surface area contributed by atoms with Crippen molar-refractivity contribution >= 4 is 0 Å². The van der Waals surface area contributed by atoms with Crippen molar-refractivity contribution in [2.45, 2.75) is 103 Å². The maximum Gasteiger partial charge on any atom is 0.460 e. The van der Waals surface area contributed by atoms with Crippen LogP contribution < -0.4 is 9.47 Å². The maximum absolute atomic E-state index is 14.3. The zero-order chi connectivity index (χ0) is 40.0. The maximum atomic E-state index is 14.3. The van der Waals surface area contributed by atoms with Gasteiger partial charge in [0.25, 0.3) is 5.79 Å². The summed E-state index contributed by atoms with van der Waals surface area (Å²) in [4.78, 5) is 0. The van der Waals surface area contributed by atoms with E-state index in [4.69, 9.17) is 0 Å². The first-order chi connectivity index (χ1) is 21.6.